The molecule has 3 aromatic rings. The normalized spacial score (nSPS) is 16.2. The van der Waals surface area contributed by atoms with Gasteiger partial charge < -0.3 is 14.3 Å². The van der Waals surface area contributed by atoms with Crippen molar-refractivity contribution in [2.75, 3.05) is 11.8 Å². The van der Waals surface area contributed by atoms with E-state index in [0.29, 0.717) is 11.5 Å². The summed E-state index contributed by atoms with van der Waals surface area (Å²) in [5.74, 6) is -0.181. The topological polar surface area (TPSA) is 119 Å². The van der Waals surface area contributed by atoms with Crippen molar-refractivity contribution in [2.24, 2.45) is 5.92 Å². The molecular weight excluding hydrogens is 444 g/mol. The number of hydrogen-bond donors (Lipinski definition) is 2. The number of sulfonamides is 1. The van der Waals surface area contributed by atoms with Crippen molar-refractivity contribution >= 4 is 27.3 Å². The number of carboxylic acids is 1. The number of carbonyl (C=O) groups is 1. The van der Waals surface area contributed by atoms with Crippen LogP contribution in [0, 0.1) is 5.92 Å². The van der Waals surface area contributed by atoms with Gasteiger partial charge in [0.25, 0.3) is 10.0 Å². The molecule has 0 fully saturated rings. The Balaban J connectivity index is 1.53. The Morgan fingerprint density at radius 3 is 2.55 bits per heavy atom. The van der Waals surface area contributed by atoms with Gasteiger partial charge in [0.15, 0.2) is 0 Å². The molecule has 0 amide bonds. The lowest BCUT2D eigenvalue weighted by Gasteiger charge is -2.18. The van der Waals surface area contributed by atoms with E-state index in [4.69, 9.17) is 14.3 Å². The van der Waals surface area contributed by atoms with Crippen LogP contribution in [-0.2, 0) is 10.0 Å². The zero-order valence-corrected chi connectivity index (χ0v) is 19.1. The first-order valence-corrected chi connectivity index (χ1v) is 11.9. The summed E-state index contributed by atoms with van der Waals surface area (Å²) >= 11 is 0. The summed E-state index contributed by atoms with van der Waals surface area (Å²) in [6.45, 7) is 2.25. The van der Waals surface area contributed by atoms with Gasteiger partial charge in [-0.2, -0.15) is 13.4 Å². The summed E-state index contributed by atoms with van der Waals surface area (Å²) in [6.07, 6.45) is 6.64. The van der Waals surface area contributed by atoms with E-state index < -0.39 is 16.0 Å². The first-order valence-electron chi connectivity index (χ1n) is 10.5. The van der Waals surface area contributed by atoms with Crippen molar-refractivity contribution in [3.05, 3.63) is 65.9 Å². The van der Waals surface area contributed by atoms with Crippen LogP contribution in [0.5, 0.6) is 5.75 Å². The number of aromatic carboxylic acids is 1. The molecule has 33 heavy (non-hydrogen) atoms. The summed E-state index contributed by atoms with van der Waals surface area (Å²) in [6, 6.07) is 11.5. The Morgan fingerprint density at radius 2 is 1.91 bits per heavy atom. The second-order valence-corrected chi connectivity index (χ2v) is 9.63. The van der Waals surface area contributed by atoms with E-state index in [1.54, 1.807) is 0 Å². The number of methoxy groups -OCH3 is 1. The first kappa shape index (κ1) is 22.6. The maximum Gasteiger partial charge on any atom is 0.335 e. The maximum absolute atomic E-state index is 12.8. The standard InChI is InChI=1S/C24H24N2O6S/c1-15-3-5-16(6-4-15)17-7-9-18(10-8-17)23-25-22(14-32-23)33(29,30)26-20-12-11-19(24(27)28)13-21(20)31-2/h5,7-15,26H,3-4,6H2,1-2H3,(H,27,28). The third kappa shape index (κ3) is 4.93. The van der Waals surface area contributed by atoms with Gasteiger partial charge in [0.2, 0.25) is 10.9 Å². The Kier molecular flexibility index (Phi) is 6.24. The predicted octanol–water partition coefficient (Wildman–Crippen LogP) is 5.05. The molecule has 1 unspecified atom stereocenters. The largest absolute Gasteiger partial charge is 0.495 e. The van der Waals surface area contributed by atoms with Crippen molar-refractivity contribution in [1.82, 2.24) is 4.98 Å². The summed E-state index contributed by atoms with van der Waals surface area (Å²) in [5, 5.41) is 8.80. The van der Waals surface area contributed by atoms with Gasteiger partial charge in [0, 0.05) is 5.56 Å². The van der Waals surface area contributed by atoms with Crippen LogP contribution in [0.2, 0.25) is 0 Å². The molecule has 9 heteroatoms. The smallest absolute Gasteiger partial charge is 0.335 e. The number of ether oxygens (including phenoxy) is 1. The van der Waals surface area contributed by atoms with Crippen LogP contribution in [0.25, 0.3) is 17.0 Å². The van der Waals surface area contributed by atoms with E-state index in [2.05, 4.69) is 22.7 Å². The Labute approximate surface area is 192 Å². The number of allylic oxidation sites excluding steroid dienone is 2. The van der Waals surface area contributed by atoms with Crippen LogP contribution in [0.3, 0.4) is 0 Å². The fraction of sp³-hybridized carbons (Fsp3) is 0.250. The van der Waals surface area contributed by atoms with Crippen molar-refractivity contribution in [2.45, 2.75) is 31.2 Å². The molecule has 0 bridgehead atoms. The van der Waals surface area contributed by atoms with E-state index in [-0.39, 0.29) is 27.9 Å². The fourth-order valence-corrected chi connectivity index (χ4v) is 4.62. The van der Waals surface area contributed by atoms with Crippen LogP contribution in [0.15, 0.2) is 64.2 Å². The monoisotopic (exact) mass is 468 g/mol. The van der Waals surface area contributed by atoms with Gasteiger partial charge in [0.05, 0.1) is 18.4 Å². The van der Waals surface area contributed by atoms with Gasteiger partial charge in [-0.15, -0.1) is 0 Å². The lowest BCUT2D eigenvalue weighted by atomic mass is 9.87. The van der Waals surface area contributed by atoms with E-state index in [1.807, 2.05) is 24.3 Å². The molecule has 0 aliphatic heterocycles. The molecular formula is C24H24N2O6S. The maximum atomic E-state index is 12.8. The molecule has 0 spiro atoms. The molecule has 1 atom stereocenters. The minimum atomic E-state index is -4.09. The van der Waals surface area contributed by atoms with Crippen LogP contribution >= 0.6 is 0 Å². The molecule has 2 N–H and O–H groups in total. The third-order valence-corrected chi connectivity index (χ3v) is 6.85. The number of oxazole rings is 1. The van der Waals surface area contributed by atoms with E-state index in [0.717, 1.165) is 24.7 Å². The number of aromatic nitrogens is 1. The Bertz CT molecular complexity index is 1310. The molecule has 172 valence electrons. The molecule has 1 aliphatic carbocycles. The zero-order chi connectivity index (χ0) is 23.6. The van der Waals surface area contributed by atoms with E-state index >= 15 is 0 Å². The summed E-state index contributed by atoms with van der Waals surface area (Å²) in [4.78, 5) is 15.3. The number of hydrogen-bond acceptors (Lipinski definition) is 6. The second kappa shape index (κ2) is 9.11. The summed E-state index contributed by atoms with van der Waals surface area (Å²) < 4.78 is 38.5. The second-order valence-electron chi connectivity index (χ2n) is 8.00. The average Bonchev–Trinajstić information content (AvgIpc) is 3.31. The summed E-state index contributed by atoms with van der Waals surface area (Å²) in [5.41, 5.74) is 3.19. The number of carboxylic acid groups (broad SMARTS) is 1. The third-order valence-electron chi connectivity index (χ3n) is 5.63. The SMILES string of the molecule is COc1cc(C(=O)O)ccc1NS(=O)(=O)c1coc(-c2ccc(C3=CCC(C)CC3)cc2)n1. The lowest BCUT2D eigenvalue weighted by molar-refractivity contribution is 0.0696. The molecule has 4 rings (SSSR count). The van der Waals surface area contributed by atoms with Gasteiger partial charge in [-0.25, -0.2) is 4.79 Å². The highest BCUT2D eigenvalue weighted by Gasteiger charge is 2.22. The quantitative estimate of drug-likeness (QED) is 0.498. The Hall–Kier alpha value is -3.59. The van der Waals surface area contributed by atoms with Crippen LogP contribution in [-0.4, -0.2) is 31.6 Å². The minimum absolute atomic E-state index is 0.0273. The van der Waals surface area contributed by atoms with Crippen molar-refractivity contribution in [1.29, 1.82) is 0 Å². The minimum Gasteiger partial charge on any atom is -0.495 e. The predicted molar refractivity (Wildman–Crippen MR) is 124 cm³/mol. The van der Waals surface area contributed by atoms with Gasteiger partial charge in [-0.1, -0.05) is 25.1 Å². The van der Waals surface area contributed by atoms with E-state index in [9.17, 15) is 13.2 Å². The van der Waals surface area contributed by atoms with Gasteiger partial charge in [-0.3, -0.25) is 4.72 Å². The molecule has 0 saturated carbocycles. The molecule has 1 aliphatic rings. The van der Waals surface area contributed by atoms with Gasteiger partial charge in [-0.05, 0) is 66.6 Å². The van der Waals surface area contributed by atoms with Crippen LogP contribution in [0.4, 0.5) is 5.69 Å². The number of nitrogens with zero attached hydrogens (tertiary/aromatic N) is 1. The van der Waals surface area contributed by atoms with Crippen molar-refractivity contribution in [3.63, 3.8) is 0 Å². The number of rotatable bonds is 7. The molecule has 2 aromatic carbocycles. The lowest BCUT2D eigenvalue weighted by Crippen LogP contribution is -2.14. The molecule has 0 saturated heterocycles. The molecule has 8 nitrogen and oxygen atoms in total. The zero-order valence-electron chi connectivity index (χ0n) is 18.2. The highest BCUT2D eigenvalue weighted by Crippen LogP contribution is 2.32. The molecule has 0 radical (unpaired) electrons. The highest BCUT2D eigenvalue weighted by molar-refractivity contribution is 7.92. The average molecular weight is 469 g/mol. The van der Waals surface area contributed by atoms with Crippen molar-refractivity contribution in [3.8, 4) is 17.2 Å². The van der Waals surface area contributed by atoms with Crippen LogP contribution in [0.1, 0.15) is 42.1 Å². The van der Waals surface area contributed by atoms with Crippen molar-refractivity contribution < 1.29 is 27.5 Å². The highest BCUT2D eigenvalue weighted by atomic mass is 32.2. The Morgan fingerprint density at radius 1 is 1.18 bits per heavy atom. The van der Waals surface area contributed by atoms with Gasteiger partial charge >= 0.3 is 5.97 Å². The fourth-order valence-electron chi connectivity index (χ4n) is 3.67. The number of benzene rings is 2. The number of nitrogens with one attached hydrogen (secondary N) is 1. The summed E-state index contributed by atoms with van der Waals surface area (Å²) in [7, 11) is -2.77. The van der Waals surface area contributed by atoms with E-state index in [1.165, 1.54) is 37.3 Å². The van der Waals surface area contributed by atoms with Gasteiger partial charge in [0.1, 0.15) is 12.0 Å². The van der Waals surface area contributed by atoms with Crippen LogP contribution < -0.4 is 9.46 Å². The molecule has 1 heterocycles. The number of anilines is 1. The first-order chi connectivity index (χ1) is 15.8. The molecule has 1 aromatic heterocycles.